The molecule has 3 saturated heterocycles. The van der Waals surface area contributed by atoms with Crippen molar-refractivity contribution in [1.29, 1.82) is 0 Å². The van der Waals surface area contributed by atoms with E-state index < -0.39 is 124 Å². The standard InChI is InChI=1S/C96H165NO18/c1-3-5-7-9-11-13-15-17-19-21-23-25-27-29-31-33-34-35-36-37-38-39-40-41-42-43-44-46-48-50-52-54-56-58-60-62-64-66-68-70-72-74-84(102)97-79(80(101)73-71-69-67-65-63-61-59-57-55-53-51-49-47-45-32-30-28-26-24-22-20-18-16-14-12-10-8-6-4-2)78-110-94-90(108)87(105)92(82(76-99)112-94)115-96-91(109)88(106)93(83(77-100)113-96)114-95-89(107)86(104)85(103)81(75-98)111-95/h5,7,11,13,17,19,23,25,29,31,34-35,37-38,40-41,43-44,48,50,71,73,79-83,85-96,98-101,103-109H,3-4,6,8-10,12,14-16,18,20-22,24,26-28,30,32-33,36,39,42,45-47,49,51-70,72,74-78H2,1-2H3,(H,97,102)/b7-5-,13-11-,19-17-,25-23-,31-29-,35-34-,38-37-,41-40-,44-43-,50-48-,73-71+. The largest absolute Gasteiger partial charge is 0.394 e. The van der Waals surface area contributed by atoms with Crippen molar-refractivity contribution in [1.82, 2.24) is 5.32 Å². The maximum Gasteiger partial charge on any atom is 0.220 e. The van der Waals surface area contributed by atoms with Crippen LogP contribution in [-0.2, 0) is 33.2 Å². The maximum atomic E-state index is 13.5. The number of hydrogen-bond acceptors (Lipinski definition) is 18. The molecule has 0 saturated carbocycles. The molecule has 0 radical (unpaired) electrons. The quantitative estimate of drug-likeness (QED) is 0.0199. The zero-order chi connectivity index (χ0) is 83.1. The van der Waals surface area contributed by atoms with Gasteiger partial charge >= 0.3 is 0 Å². The second-order valence-electron chi connectivity index (χ2n) is 32.0. The highest BCUT2D eigenvalue weighted by Gasteiger charge is 2.54. The Hall–Kier alpha value is -4.07. The summed E-state index contributed by atoms with van der Waals surface area (Å²) >= 11 is 0. The van der Waals surface area contributed by atoms with E-state index in [0.29, 0.717) is 6.42 Å². The number of nitrogens with one attached hydrogen (secondary N) is 1. The lowest BCUT2D eigenvalue weighted by atomic mass is 9.96. The average molecular weight is 1620 g/mol. The number of carbonyl (C=O) groups is 1. The Morgan fingerprint density at radius 2 is 0.600 bits per heavy atom. The fourth-order valence-electron chi connectivity index (χ4n) is 14.7. The van der Waals surface area contributed by atoms with Crippen LogP contribution in [0.2, 0.25) is 0 Å². The minimum Gasteiger partial charge on any atom is -0.394 e. The van der Waals surface area contributed by atoms with E-state index in [1.165, 1.54) is 186 Å². The molecule has 3 aliphatic heterocycles. The zero-order valence-corrected chi connectivity index (χ0v) is 71.5. The van der Waals surface area contributed by atoms with Gasteiger partial charge in [-0.1, -0.05) is 366 Å². The number of aliphatic hydroxyl groups is 11. The molecule has 19 heteroatoms. The van der Waals surface area contributed by atoms with Gasteiger partial charge in [0.1, 0.15) is 73.2 Å². The number of ether oxygens (including phenoxy) is 6. The van der Waals surface area contributed by atoms with E-state index in [4.69, 9.17) is 28.4 Å². The topological polar surface area (TPSA) is 307 Å². The van der Waals surface area contributed by atoms with E-state index in [1.54, 1.807) is 6.08 Å². The van der Waals surface area contributed by atoms with Crippen molar-refractivity contribution in [3.05, 3.63) is 134 Å². The minimum atomic E-state index is -1.99. The second kappa shape index (κ2) is 73.8. The molecule has 3 rings (SSSR count). The second-order valence-corrected chi connectivity index (χ2v) is 32.0. The molecule has 0 spiro atoms. The molecule has 0 aliphatic carbocycles. The van der Waals surface area contributed by atoms with E-state index in [0.717, 1.165) is 122 Å². The van der Waals surface area contributed by atoms with Gasteiger partial charge in [0.25, 0.3) is 0 Å². The van der Waals surface area contributed by atoms with Gasteiger partial charge in [0, 0.05) is 6.42 Å². The molecular weight excluding hydrogens is 1460 g/mol. The summed E-state index contributed by atoms with van der Waals surface area (Å²) < 4.78 is 34.5. The Kier molecular flexibility index (Phi) is 67.5. The van der Waals surface area contributed by atoms with Crippen LogP contribution in [0.15, 0.2) is 134 Å². The molecule has 115 heavy (non-hydrogen) atoms. The van der Waals surface area contributed by atoms with Crippen LogP contribution in [0, 0.1) is 0 Å². The van der Waals surface area contributed by atoms with Gasteiger partial charge in [-0.05, 0) is 96.3 Å². The van der Waals surface area contributed by atoms with Crippen molar-refractivity contribution in [2.75, 3.05) is 26.4 Å². The normalized spacial score (nSPS) is 25.2. The molecule has 0 bridgehead atoms. The molecule has 19 nitrogen and oxygen atoms in total. The molecular formula is C96H165NO18. The lowest BCUT2D eigenvalue weighted by Crippen LogP contribution is -2.66. The Morgan fingerprint density at radius 3 is 0.939 bits per heavy atom. The highest BCUT2D eigenvalue weighted by molar-refractivity contribution is 5.76. The first kappa shape index (κ1) is 105. The molecule has 3 fully saturated rings. The van der Waals surface area contributed by atoms with Gasteiger partial charge in [0.15, 0.2) is 18.9 Å². The van der Waals surface area contributed by atoms with Gasteiger partial charge in [-0.2, -0.15) is 0 Å². The fourth-order valence-corrected chi connectivity index (χ4v) is 14.7. The number of rotatable bonds is 73. The van der Waals surface area contributed by atoms with Crippen molar-refractivity contribution >= 4 is 5.91 Å². The van der Waals surface area contributed by atoms with Crippen molar-refractivity contribution in [2.45, 2.75) is 439 Å². The van der Waals surface area contributed by atoms with E-state index in [2.05, 4.69) is 141 Å². The Bertz CT molecular complexity index is 2600. The van der Waals surface area contributed by atoms with Crippen molar-refractivity contribution in [3.63, 3.8) is 0 Å². The Morgan fingerprint density at radius 1 is 0.322 bits per heavy atom. The number of unbranched alkanes of at least 4 members (excludes halogenated alkanes) is 37. The van der Waals surface area contributed by atoms with Crippen molar-refractivity contribution in [3.8, 4) is 0 Å². The number of allylic oxidation sites excluding steroid dienone is 21. The summed E-state index contributed by atoms with van der Waals surface area (Å²) in [4.78, 5) is 13.5. The van der Waals surface area contributed by atoms with Gasteiger partial charge < -0.3 is 89.9 Å². The van der Waals surface area contributed by atoms with Crippen LogP contribution in [-0.4, -0.2) is 193 Å². The maximum absolute atomic E-state index is 13.5. The molecule has 17 atom stereocenters. The van der Waals surface area contributed by atoms with Gasteiger partial charge in [-0.3, -0.25) is 4.79 Å². The highest BCUT2D eigenvalue weighted by Crippen LogP contribution is 2.33. The monoisotopic (exact) mass is 1620 g/mol. The van der Waals surface area contributed by atoms with E-state index in [-0.39, 0.29) is 18.9 Å². The molecule has 662 valence electrons. The third-order valence-electron chi connectivity index (χ3n) is 22.0. The summed E-state index contributed by atoms with van der Waals surface area (Å²) in [5, 5.41) is 121. The number of aliphatic hydroxyl groups excluding tert-OH is 11. The lowest BCUT2D eigenvalue weighted by molar-refractivity contribution is -0.379. The molecule has 17 unspecified atom stereocenters. The molecule has 1 amide bonds. The number of hydrogen-bond donors (Lipinski definition) is 12. The molecule has 0 aromatic rings. The molecule has 0 aromatic carbocycles. The predicted molar refractivity (Wildman–Crippen MR) is 466 cm³/mol. The first-order chi connectivity index (χ1) is 56.3. The van der Waals surface area contributed by atoms with Crippen LogP contribution in [0.4, 0.5) is 0 Å². The van der Waals surface area contributed by atoms with Crippen LogP contribution in [0.5, 0.6) is 0 Å². The van der Waals surface area contributed by atoms with Gasteiger partial charge in [0.2, 0.25) is 5.91 Å². The van der Waals surface area contributed by atoms with Crippen LogP contribution in [0.1, 0.15) is 335 Å². The van der Waals surface area contributed by atoms with Crippen LogP contribution >= 0.6 is 0 Å². The first-order valence-corrected chi connectivity index (χ1v) is 45.9. The number of carbonyl (C=O) groups excluding carboxylic acids is 1. The van der Waals surface area contributed by atoms with Gasteiger partial charge in [-0.15, -0.1) is 0 Å². The highest BCUT2D eigenvalue weighted by atomic mass is 16.8. The van der Waals surface area contributed by atoms with Crippen LogP contribution in [0.25, 0.3) is 0 Å². The molecule has 3 heterocycles. The summed E-state index contributed by atoms with van der Waals surface area (Å²) in [6, 6.07) is -0.987. The van der Waals surface area contributed by atoms with E-state index >= 15 is 0 Å². The minimum absolute atomic E-state index is 0.231. The van der Waals surface area contributed by atoms with Crippen molar-refractivity contribution < 1.29 is 89.4 Å². The van der Waals surface area contributed by atoms with Crippen LogP contribution < -0.4 is 5.32 Å². The average Bonchev–Trinajstić information content (AvgIpc) is 0.778. The zero-order valence-electron chi connectivity index (χ0n) is 71.5. The Balaban J connectivity index is 1.33. The summed E-state index contributed by atoms with van der Waals surface area (Å²) in [7, 11) is 0. The van der Waals surface area contributed by atoms with E-state index in [1.807, 2.05) is 6.08 Å². The van der Waals surface area contributed by atoms with Crippen LogP contribution in [0.3, 0.4) is 0 Å². The lowest BCUT2D eigenvalue weighted by Gasteiger charge is -2.48. The molecule has 0 aromatic heterocycles. The Labute approximate surface area is 696 Å². The third kappa shape index (κ3) is 52.0. The molecule has 12 N–H and O–H groups in total. The van der Waals surface area contributed by atoms with Gasteiger partial charge in [-0.25, -0.2) is 0 Å². The van der Waals surface area contributed by atoms with Crippen molar-refractivity contribution in [2.24, 2.45) is 0 Å². The smallest absolute Gasteiger partial charge is 0.220 e. The summed E-state index contributed by atoms with van der Waals surface area (Å²) in [5.74, 6) is -0.281. The predicted octanol–water partition coefficient (Wildman–Crippen LogP) is 18.0. The fraction of sp³-hybridized carbons (Fsp3) is 0.760. The SMILES string of the molecule is CC/C=C\C/C=C\C/C=C\C/C=C\C/C=C\C/C=C\C/C=C\C/C=C\C/C=C\C/C=C\CCCCCCCCCCCCC(=O)NC(COC1OC(CO)C(OC2OC(CO)C(OC3OC(CO)C(O)C(O)C3O)C(O)C2O)C(O)C1O)C(O)/C=C/CCCCCCCCCCCCCCCCCCCCCCCCCCCCC. The first-order valence-electron chi connectivity index (χ1n) is 45.9. The third-order valence-corrected chi connectivity index (χ3v) is 22.0. The van der Waals surface area contributed by atoms with Gasteiger partial charge in [0.05, 0.1) is 38.6 Å². The van der Waals surface area contributed by atoms with E-state index in [9.17, 15) is 61.0 Å². The number of amides is 1. The summed E-state index contributed by atoms with van der Waals surface area (Å²) in [6.07, 6.45) is 80.2. The summed E-state index contributed by atoms with van der Waals surface area (Å²) in [6.45, 7) is 1.65. The molecule has 3 aliphatic rings. The summed E-state index contributed by atoms with van der Waals surface area (Å²) in [5.41, 5.74) is 0.